The van der Waals surface area contributed by atoms with Crippen LogP contribution in [0, 0.1) is 34.9 Å². The number of nitrogens with one attached hydrogen (secondary N) is 9. The van der Waals surface area contributed by atoms with Crippen molar-refractivity contribution in [2.75, 3.05) is 51.1 Å². The number of ketones is 1. The monoisotopic (exact) mass is 1590 g/mol. The summed E-state index contributed by atoms with van der Waals surface area (Å²) in [6.07, 6.45) is 13.3. The van der Waals surface area contributed by atoms with Crippen molar-refractivity contribution in [3.05, 3.63) is 233 Å². The van der Waals surface area contributed by atoms with Gasteiger partial charge < -0.3 is 36.0 Å². The third-order valence-corrected chi connectivity index (χ3v) is 20.6. The number of benzene rings is 3. The minimum absolute atomic E-state index is 0.00227. The summed E-state index contributed by atoms with van der Waals surface area (Å²) >= 11 is 0. The highest BCUT2D eigenvalue weighted by atomic mass is 32.2. The van der Waals surface area contributed by atoms with Gasteiger partial charge in [0.15, 0.2) is 23.7 Å². The van der Waals surface area contributed by atoms with E-state index < -0.39 is 111 Å². The quantitative estimate of drug-likeness (QED) is 0.0137. The third-order valence-electron chi connectivity index (χ3n) is 16.2. The van der Waals surface area contributed by atoms with Crippen molar-refractivity contribution in [3.63, 3.8) is 0 Å². The molecule has 0 aliphatic heterocycles. The first-order valence-corrected chi connectivity index (χ1v) is 39.2. The smallest absolute Gasteiger partial charge is 0.269 e. The Hall–Kier alpha value is -12.3. The fourth-order valence-corrected chi connectivity index (χ4v) is 14.3. The molecule has 27 nitrogen and oxygen atoms in total. The van der Waals surface area contributed by atoms with Crippen LogP contribution in [0.4, 0.5) is 43.4 Å². The minimum Gasteiger partial charge on any atom is -0.383 e. The lowest BCUT2D eigenvalue weighted by Crippen LogP contribution is -2.23. The molecule has 0 saturated heterocycles. The van der Waals surface area contributed by atoms with E-state index in [1.54, 1.807) is 95.7 Å². The third kappa shape index (κ3) is 20.4. The minimum atomic E-state index is -3.87. The predicted octanol–water partition coefficient (Wildman–Crippen LogP) is 12.2. The maximum absolute atomic E-state index is 15.3. The van der Waals surface area contributed by atoms with Crippen LogP contribution in [0.15, 0.2) is 153 Å². The van der Waals surface area contributed by atoms with Crippen LogP contribution in [0.3, 0.4) is 0 Å². The summed E-state index contributed by atoms with van der Waals surface area (Å²) in [5.41, 5.74) is 3.04. The standard InChI is InChI=1S/C25H25F2N5O4S.C25H23F2N5O4S.C15H14N4O.C10H11F2NO3S/c2*1-3-9-37(35,36)32-19-8-6-18(26)21(22(19)27)23(33)17-13-31-24-16(17)10-15(12-30-24)14-5-7-20(29-11-14)25(34)28-4-2;1-2-16-15(20)13-4-3-11(8-18-13)12-7-10-5-6-17-14(10)19-9-12;1-2-5-17(15,16)13-9-4-3-8(11)7(6-14)10(9)12/h5-8,10-13,23,32-33H,3-4,9H2,1-2H3,(H,28,34)(H,30,31);5-8,10-13,32H,3-4,9H2,1-2H3,(H,28,34)(H,30,31);3-9H,2H2,1H3,(H,16,20)(H,17,19);3-4,6,13H,2,5H2,1H3. The molecule has 0 saturated carbocycles. The summed E-state index contributed by atoms with van der Waals surface area (Å²) in [7, 11) is -11.4. The lowest BCUT2D eigenvalue weighted by Gasteiger charge is -2.16. The van der Waals surface area contributed by atoms with Crippen molar-refractivity contribution >= 4 is 110 Å². The number of aromatic nitrogens is 9. The molecule has 36 heteroatoms. The maximum atomic E-state index is 15.3. The van der Waals surface area contributed by atoms with E-state index in [1.165, 1.54) is 31.0 Å². The molecule has 1 atom stereocenters. The molecule has 10 N–H and O–H groups in total. The van der Waals surface area contributed by atoms with Crippen LogP contribution in [0.5, 0.6) is 0 Å². The van der Waals surface area contributed by atoms with Gasteiger partial charge in [-0.2, -0.15) is 0 Å². The summed E-state index contributed by atoms with van der Waals surface area (Å²) < 4.78 is 164. The Morgan fingerprint density at radius 2 is 0.856 bits per heavy atom. The van der Waals surface area contributed by atoms with E-state index >= 15 is 8.78 Å². The van der Waals surface area contributed by atoms with Gasteiger partial charge in [0.1, 0.15) is 57.6 Å². The average Bonchev–Trinajstić information content (AvgIpc) is 1.69. The Kier molecular flexibility index (Phi) is 27.4. The Balaban J connectivity index is 0.000000179. The zero-order valence-electron chi connectivity index (χ0n) is 60.1. The van der Waals surface area contributed by atoms with Crippen LogP contribution >= 0.6 is 0 Å². The van der Waals surface area contributed by atoms with E-state index in [9.17, 15) is 71.9 Å². The molecule has 9 aromatic heterocycles. The van der Waals surface area contributed by atoms with Crippen molar-refractivity contribution < 1.29 is 80.7 Å². The van der Waals surface area contributed by atoms with Gasteiger partial charge in [-0.05, 0) is 119 Å². The van der Waals surface area contributed by atoms with Crippen LogP contribution in [0.2, 0.25) is 0 Å². The molecular formula is C75H73F6N15O12S3. The first-order chi connectivity index (χ1) is 53.0. The molecule has 1 unspecified atom stereocenters. The van der Waals surface area contributed by atoms with Crippen LogP contribution in [-0.2, 0) is 30.1 Å². The SMILES string of the molecule is CCCS(=O)(=O)Nc1ccc(F)c(C(=O)c2c[nH]c3ncc(-c4ccc(C(=O)NCC)nc4)cc23)c1F.CCCS(=O)(=O)Nc1ccc(F)c(C(O)c2c[nH]c3ncc(-c4ccc(C(=O)NCC)nc4)cc23)c1F.CCCS(=O)(=O)Nc1ccc(F)c(C=O)c1F.CCNC(=O)c1ccc(-c2cnc3[nH]ccc3c2)cn1. The molecule has 0 aliphatic rings. The van der Waals surface area contributed by atoms with Gasteiger partial charge in [0, 0.05) is 136 Å². The number of amides is 3. The zero-order valence-corrected chi connectivity index (χ0v) is 62.5. The predicted molar refractivity (Wildman–Crippen MR) is 407 cm³/mol. The zero-order chi connectivity index (χ0) is 80.5. The second-order valence-corrected chi connectivity index (χ2v) is 29.8. The number of aliphatic hydroxyl groups excluding tert-OH is 1. The molecule has 111 heavy (non-hydrogen) atoms. The van der Waals surface area contributed by atoms with Crippen LogP contribution in [0.1, 0.15) is 136 Å². The second-order valence-electron chi connectivity index (χ2n) is 24.2. The molecule has 12 rings (SSSR count). The number of sulfonamides is 3. The highest BCUT2D eigenvalue weighted by molar-refractivity contribution is 7.93. The van der Waals surface area contributed by atoms with Gasteiger partial charge in [0.2, 0.25) is 35.9 Å². The molecule has 0 radical (unpaired) electrons. The Morgan fingerprint density at radius 3 is 1.31 bits per heavy atom. The summed E-state index contributed by atoms with van der Waals surface area (Å²) in [4.78, 5) is 93.4. The Labute approximate surface area is 632 Å². The van der Waals surface area contributed by atoms with Gasteiger partial charge >= 0.3 is 0 Å². The normalized spacial score (nSPS) is 11.6. The summed E-state index contributed by atoms with van der Waals surface area (Å²) in [6, 6.07) is 22.8. The number of aromatic amines is 3. The number of hydrogen-bond donors (Lipinski definition) is 10. The van der Waals surface area contributed by atoms with Crippen molar-refractivity contribution in [1.29, 1.82) is 0 Å². The number of aliphatic hydroxyl groups is 1. The number of aldehydes is 1. The summed E-state index contributed by atoms with van der Waals surface area (Å²) in [6.45, 7) is 11.9. The number of H-pyrrole nitrogens is 3. The summed E-state index contributed by atoms with van der Waals surface area (Å²) in [5, 5.41) is 20.8. The van der Waals surface area contributed by atoms with Gasteiger partial charge in [0.25, 0.3) is 17.7 Å². The van der Waals surface area contributed by atoms with Gasteiger partial charge in [-0.15, -0.1) is 0 Å². The van der Waals surface area contributed by atoms with Crippen molar-refractivity contribution in [2.24, 2.45) is 0 Å². The summed E-state index contributed by atoms with van der Waals surface area (Å²) in [5.74, 6) is -9.37. The number of fused-ring (bicyclic) bond motifs is 3. The number of anilines is 3. The molecule has 12 aromatic rings. The van der Waals surface area contributed by atoms with Crippen molar-refractivity contribution in [1.82, 2.24) is 60.8 Å². The largest absolute Gasteiger partial charge is 0.383 e. The fraction of sp³-hybridized carbons (Fsp3) is 0.213. The highest BCUT2D eigenvalue weighted by Gasteiger charge is 2.29. The number of carbonyl (C=O) groups is 5. The van der Waals surface area contributed by atoms with Gasteiger partial charge in [-0.25, -0.2) is 66.5 Å². The van der Waals surface area contributed by atoms with Gasteiger partial charge in [-0.1, -0.05) is 39.0 Å². The first kappa shape index (κ1) is 82.8. The van der Waals surface area contributed by atoms with Crippen LogP contribution in [-0.4, -0.2) is 142 Å². The highest BCUT2D eigenvalue weighted by Crippen LogP contribution is 2.37. The van der Waals surface area contributed by atoms with Gasteiger partial charge in [0.05, 0.1) is 51.0 Å². The Morgan fingerprint density at radius 1 is 0.450 bits per heavy atom. The number of rotatable bonds is 26. The average molecular weight is 1590 g/mol. The van der Waals surface area contributed by atoms with Crippen molar-refractivity contribution in [3.8, 4) is 33.4 Å². The lowest BCUT2D eigenvalue weighted by molar-refractivity contribution is 0.0942. The lowest BCUT2D eigenvalue weighted by atomic mass is 9.98. The molecule has 0 fully saturated rings. The number of hydrogen-bond acceptors (Lipinski definition) is 18. The first-order valence-electron chi connectivity index (χ1n) is 34.2. The molecule has 0 aliphatic carbocycles. The van der Waals surface area contributed by atoms with Crippen molar-refractivity contribution in [2.45, 2.75) is 66.9 Å². The molecule has 580 valence electrons. The molecular weight excluding hydrogens is 1510 g/mol. The fourth-order valence-electron chi connectivity index (χ4n) is 11.0. The van der Waals surface area contributed by atoms with E-state index in [-0.39, 0.29) is 63.8 Å². The van der Waals surface area contributed by atoms with E-state index in [1.807, 2.05) is 36.0 Å². The Bertz CT molecular complexity index is 5780. The molecule has 0 bridgehead atoms. The molecule has 3 amide bonds. The molecule has 0 spiro atoms. The number of halogens is 6. The molecule has 3 aromatic carbocycles. The maximum Gasteiger partial charge on any atom is 0.269 e. The van der Waals surface area contributed by atoms with Crippen LogP contribution in [0.25, 0.3) is 66.5 Å². The van der Waals surface area contributed by atoms with Gasteiger partial charge in [-0.3, -0.25) is 53.1 Å². The van der Waals surface area contributed by atoms with E-state index in [4.69, 9.17) is 0 Å². The topological polar surface area (TPSA) is 405 Å². The number of pyridine rings is 6. The number of nitrogens with zero attached hydrogens (tertiary/aromatic N) is 6. The van der Waals surface area contributed by atoms with E-state index in [2.05, 4.69) is 70.3 Å². The second kappa shape index (κ2) is 36.7. The number of carbonyl (C=O) groups excluding carboxylic acids is 5. The molecule has 9 heterocycles. The van der Waals surface area contributed by atoms with E-state index in [0.29, 0.717) is 88.9 Å². The van der Waals surface area contributed by atoms with E-state index in [0.717, 1.165) is 58.6 Å². The van der Waals surface area contributed by atoms with Crippen LogP contribution < -0.4 is 30.1 Å².